The van der Waals surface area contributed by atoms with E-state index in [1.54, 1.807) is 0 Å². The van der Waals surface area contributed by atoms with Gasteiger partial charge in [-0.25, -0.2) is 0 Å². The lowest BCUT2D eigenvalue weighted by Gasteiger charge is -2.32. The third-order valence-electron chi connectivity index (χ3n) is 3.26. The average Bonchev–Trinajstić information content (AvgIpc) is 2.40. The van der Waals surface area contributed by atoms with Gasteiger partial charge in [-0.15, -0.1) is 0 Å². The number of hydrogen-bond acceptors (Lipinski definition) is 3. The second-order valence-electron chi connectivity index (χ2n) is 5.09. The third kappa shape index (κ3) is 4.09. The first-order valence-corrected chi connectivity index (χ1v) is 6.57. The molecule has 102 valence electrons. The summed E-state index contributed by atoms with van der Waals surface area (Å²) in [5, 5.41) is 12.9. The molecule has 0 radical (unpaired) electrons. The Labute approximate surface area is 110 Å². The van der Waals surface area contributed by atoms with Crippen LogP contribution < -0.4 is 5.32 Å². The Hall–Kier alpha value is -0.900. The van der Waals surface area contributed by atoms with Crippen molar-refractivity contribution in [1.29, 1.82) is 0 Å². The summed E-state index contributed by atoms with van der Waals surface area (Å²) >= 11 is 0. The normalized spacial score (nSPS) is 14.7. The van der Waals surface area contributed by atoms with Crippen molar-refractivity contribution in [2.24, 2.45) is 5.92 Å². The first-order valence-electron chi connectivity index (χ1n) is 6.57. The fourth-order valence-electron chi connectivity index (χ4n) is 1.84. The summed E-state index contributed by atoms with van der Waals surface area (Å²) in [4.78, 5) is 0. The Balaban J connectivity index is 2.64. The van der Waals surface area contributed by atoms with Gasteiger partial charge in [0.05, 0.1) is 18.8 Å². The molecule has 0 bridgehead atoms. The van der Waals surface area contributed by atoms with Gasteiger partial charge >= 0.3 is 0 Å². The van der Waals surface area contributed by atoms with Crippen molar-refractivity contribution < 1.29 is 9.84 Å². The predicted molar refractivity (Wildman–Crippen MR) is 74.5 cm³/mol. The van der Waals surface area contributed by atoms with Crippen molar-refractivity contribution in [3.63, 3.8) is 0 Å². The van der Waals surface area contributed by atoms with E-state index >= 15 is 0 Å². The van der Waals surface area contributed by atoms with Crippen LogP contribution in [0.2, 0.25) is 0 Å². The molecule has 1 aromatic carbocycles. The van der Waals surface area contributed by atoms with E-state index in [0.29, 0.717) is 12.5 Å². The maximum absolute atomic E-state index is 9.70. The van der Waals surface area contributed by atoms with Crippen molar-refractivity contribution in [2.45, 2.75) is 25.8 Å². The largest absolute Gasteiger partial charge is 0.394 e. The summed E-state index contributed by atoms with van der Waals surface area (Å²) in [5.41, 5.74) is 0.553. The van der Waals surface area contributed by atoms with Gasteiger partial charge in [-0.05, 0) is 24.9 Å². The molecule has 1 atom stereocenters. The van der Waals surface area contributed by atoms with Gasteiger partial charge in [-0.2, -0.15) is 0 Å². The molecule has 0 heterocycles. The van der Waals surface area contributed by atoms with Gasteiger partial charge in [-0.3, -0.25) is 0 Å². The third-order valence-corrected chi connectivity index (χ3v) is 3.26. The van der Waals surface area contributed by atoms with Crippen LogP contribution >= 0.6 is 0 Å². The number of ether oxygens (including phenoxy) is 1. The Morgan fingerprint density at radius 3 is 2.44 bits per heavy atom. The molecule has 0 aromatic heterocycles. The summed E-state index contributed by atoms with van der Waals surface area (Å²) < 4.78 is 5.72. The van der Waals surface area contributed by atoms with Crippen molar-refractivity contribution in [3.8, 4) is 0 Å². The summed E-state index contributed by atoms with van der Waals surface area (Å²) in [7, 11) is 1.86. The van der Waals surface area contributed by atoms with Crippen LogP contribution in [-0.4, -0.2) is 32.0 Å². The number of benzene rings is 1. The quantitative estimate of drug-likeness (QED) is 0.696. The van der Waals surface area contributed by atoms with Crippen LogP contribution in [0.25, 0.3) is 0 Å². The van der Waals surface area contributed by atoms with E-state index in [0.717, 1.165) is 18.6 Å². The topological polar surface area (TPSA) is 41.5 Å². The van der Waals surface area contributed by atoms with E-state index in [9.17, 15) is 5.11 Å². The molecule has 0 fully saturated rings. The Morgan fingerprint density at radius 2 is 1.94 bits per heavy atom. The minimum Gasteiger partial charge on any atom is -0.394 e. The molecular formula is C15H25NO2. The van der Waals surface area contributed by atoms with E-state index in [1.165, 1.54) is 0 Å². The Bertz CT molecular complexity index is 321. The number of aliphatic hydroxyl groups is 1. The van der Waals surface area contributed by atoms with E-state index in [4.69, 9.17) is 4.74 Å². The van der Waals surface area contributed by atoms with Gasteiger partial charge in [0, 0.05) is 6.61 Å². The maximum atomic E-state index is 9.70. The highest BCUT2D eigenvalue weighted by atomic mass is 16.5. The molecule has 0 spiro atoms. The number of nitrogens with one attached hydrogen (secondary N) is 1. The molecule has 3 nitrogen and oxygen atoms in total. The molecule has 1 unspecified atom stereocenters. The highest BCUT2D eigenvalue weighted by Gasteiger charge is 2.29. The Kier molecular flexibility index (Phi) is 6.33. The number of rotatable bonds is 8. The van der Waals surface area contributed by atoms with E-state index in [2.05, 4.69) is 19.2 Å². The minimum absolute atomic E-state index is 0.0230. The van der Waals surface area contributed by atoms with Crippen LogP contribution in [0.1, 0.15) is 25.8 Å². The second kappa shape index (κ2) is 7.52. The molecule has 18 heavy (non-hydrogen) atoms. The van der Waals surface area contributed by atoms with Crippen LogP contribution in [0.4, 0.5) is 0 Å². The van der Waals surface area contributed by atoms with Gasteiger partial charge in [-0.1, -0.05) is 44.2 Å². The molecule has 0 saturated heterocycles. The van der Waals surface area contributed by atoms with E-state index < -0.39 is 5.54 Å². The number of hydrogen-bond donors (Lipinski definition) is 2. The van der Waals surface area contributed by atoms with Gasteiger partial charge in [0.25, 0.3) is 0 Å². The summed E-state index contributed by atoms with van der Waals surface area (Å²) in [6.07, 6.45) is 1.04. The van der Waals surface area contributed by atoms with Crippen molar-refractivity contribution in [3.05, 3.63) is 35.9 Å². The zero-order chi connectivity index (χ0) is 13.4. The maximum Gasteiger partial charge on any atom is 0.0903 e. The van der Waals surface area contributed by atoms with Gasteiger partial charge in [0.15, 0.2) is 0 Å². The fourth-order valence-corrected chi connectivity index (χ4v) is 1.84. The lowest BCUT2D eigenvalue weighted by Crippen LogP contribution is -2.47. The van der Waals surface area contributed by atoms with Crippen LogP contribution in [0.15, 0.2) is 30.3 Å². The molecule has 1 rings (SSSR count). The predicted octanol–water partition coefficient (Wildman–Crippen LogP) is 2.16. The standard InChI is InChI=1S/C15H25NO2/c1-13(2)9-10-18-12-15(11-17,16-3)14-7-5-4-6-8-14/h4-8,13,16-17H,9-12H2,1-3H3. The van der Waals surface area contributed by atoms with Crippen molar-refractivity contribution in [2.75, 3.05) is 26.9 Å². The monoisotopic (exact) mass is 251 g/mol. The zero-order valence-electron chi connectivity index (χ0n) is 11.6. The number of aliphatic hydroxyl groups excluding tert-OH is 1. The van der Waals surface area contributed by atoms with Gasteiger partial charge < -0.3 is 15.2 Å². The molecule has 0 aliphatic heterocycles. The first kappa shape index (κ1) is 15.2. The van der Waals surface area contributed by atoms with Crippen LogP contribution in [0.5, 0.6) is 0 Å². The van der Waals surface area contributed by atoms with Crippen LogP contribution in [0, 0.1) is 5.92 Å². The van der Waals surface area contributed by atoms with E-state index in [-0.39, 0.29) is 6.61 Å². The summed E-state index contributed by atoms with van der Waals surface area (Å²) in [6.45, 7) is 5.59. The van der Waals surface area contributed by atoms with Gasteiger partial charge in [0.2, 0.25) is 0 Å². The second-order valence-corrected chi connectivity index (χ2v) is 5.09. The SMILES string of the molecule is CNC(CO)(COCCC(C)C)c1ccccc1. The summed E-state index contributed by atoms with van der Waals surface area (Å²) in [6, 6.07) is 9.95. The molecule has 1 aromatic rings. The van der Waals surface area contributed by atoms with Crippen LogP contribution in [0.3, 0.4) is 0 Å². The lowest BCUT2D eigenvalue weighted by molar-refractivity contribution is 0.0332. The lowest BCUT2D eigenvalue weighted by atomic mass is 9.92. The molecule has 0 aliphatic rings. The first-order chi connectivity index (χ1) is 8.64. The summed E-state index contributed by atoms with van der Waals surface area (Å²) in [5.74, 6) is 0.639. The van der Waals surface area contributed by atoms with Crippen molar-refractivity contribution in [1.82, 2.24) is 5.32 Å². The molecular weight excluding hydrogens is 226 g/mol. The van der Waals surface area contributed by atoms with Crippen molar-refractivity contribution >= 4 is 0 Å². The highest BCUT2D eigenvalue weighted by Crippen LogP contribution is 2.20. The molecule has 3 heteroatoms. The highest BCUT2D eigenvalue weighted by molar-refractivity contribution is 5.24. The molecule has 0 saturated carbocycles. The Morgan fingerprint density at radius 1 is 1.28 bits per heavy atom. The van der Waals surface area contributed by atoms with Gasteiger partial charge in [0.1, 0.15) is 0 Å². The average molecular weight is 251 g/mol. The molecule has 2 N–H and O–H groups in total. The fraction of sp³-hybridized carbons (Fsp3) is 0.600. The minimum atomic E-state index is -0.502. The molecule has 0 aliphatic carbocycles. The zero-order valence-corrected chi connectivity index (χ0v) is 11.6. The smallest absolute Gasteiger partial charge is 0.0903 e. The number of likely N-dealkylation sites (N-methyl/N-ethyl adjacent to an activating group) is 1. The molecule has 0 amide bonds. The van der Waals surface area contributed by atoms with E-state index in [1.807, 2.05) is 37.4 Å². The van der Waals surface area contributed by atoms with Crippen LogP contribution in [-0.2, 0) is 10.3 Å².